The first-order valence-corrected chi connectivity index (χ1v) is 1.59. The van der Waals surface area contributed by atoms with Crippen molar-refractivity contribution >= 4 is 0 Å². The molecule has 0 heterocycles. The molecule has 0 saturated heterocycles. The Kier molecular flexibility index (Phi) is 9.15. The van der Waals surface area contributed by atoms with Crippen molar-refractivity contribution in [1.29, 1.82) is 0 Å². The molecule has 0 aromatic carbocycles. The Hall–Kier alpha value is 0.608. The zero-order valence-electron chi connectivity index (χ0n) is 3.42. The van der Waals surface area contributed by atoms with E-state index in [0.717, 1.165) is 0 Å². The van der Waals surface area contributed by atoms with Crippen LogP contribution in [0.5, 0.6) is 0 Å². The van der Waals surface area contributed by atoms with Crippen molar-refractivity contribution < 1.29 is 31.3 Å². The Morgan fingerprint density at radius 2 is 1.67 bits per heavy atom. The standard InChI is InChI=1S/C3H6O2.Pt/c1-2-3(4)5;/h3H,2H2,1H3;/q-2;+2. The number of hydrogen-bond acceptors (Lipinski definition) is 2. The molecule has 0 N–H and O–H groups in total. The third-order valence-electron chi connectivity index (χ3n) is 0.333. The van der Waals surface area contributed by atoms with Crippen molar-refractivity contribution in [2.45, 2.75) is 19.6 Å². The minimum Gasteiger partial charge on any atom is -0.865 e. The van der Waals surface area contributed by atoms with Crippen LogP contribution in [0.2, 0.25) is 0 Å². The molecule has 0 radical (unpaired) electrons. The molecule has 0 atom stereocenters. The summed E-state index contributed by atoms with van der Waals surface area (Å²) in [6, 6.07) is 0. The molecule has 0 saturated carbocycles. The Morgan fingerprint density at radius 1 is 1.50 bits per heavy atom. The summed E-state index contributed by atoms with van der Waals surface area (Å²) >= 11 is 0. The van der Waals surface area contributed by atoms with Gasteiger partial charge in [-0.3, -0.25) is 0 Å². The van der Waals surface area contributed by atoms with E-state index in [0.29, 0.717) is 0 Å². The van der Waals surface area contributed by atoms with Crippen molar-refractivity contribution in [3.05, 3.63) is 0 Å². The van der Waals surface area contributed by atoms with E-state index in [-0.39, 0.29) is 27.5 Å². The van der Waals surface area contributed by atoms with Crippen LogP contribution in [0, 0.1) is 0 Å². The fourth-order valence-corrected chi connectivity index (χ4v) is 0. The van der Waals surface area contributed by atoms with Gasteiger partial charge in [0.05, 0.1) is 0 Å². The zero-order chi connectivity index (χ0) is 4.28. The van der Waals surface area contributed by atoms with E-state index in [1.807, 2.05) is 0 Å². The van der Waals surface area contributed by atoms with Crippen LogP contribution in [0.1, 0.15) is 13.3 Å². The fraction of sp³-hybridized carbons (Fsp3) is 1.00. The van der Waals surface area contributed by atoms with E-state index >= 15 is 0 Å². The van der Waals surface area contributed by atoms with Crippen molar-refractivity contribution in [2.24, 2.45) is 0 Å². The molecule has 0 bridgehead atoms. The molecule has 0 amide bonds. The van der Waals surface area contributed by atoms with Crippen LogP contribution in [-0.4, -0.2) is 6.29 Å². The summed E-state index contributed by atoms with van der Waals surface area (Å²) in [6.45, 7) is 1.57. The van der Waals surface area contributed by atoms with Gasteiger partial charge in [0.25, 0.3) is 0 Å². The third-order valence-corrected chi connectivity index (χ3v) is 0.333. The Morgan fingerprint density at radius 3 is 1.67 bits per heavy atom. The summed E-state index contributed by atoms with van der Waals surface area (Å²) in [5.41, 5.74) is 0. The van der Waals surface area contributed by atoms with Gasteiger partial charge in [-0.1, -0.05) is 13.3 Å². The molecule has 3 heteroatoms. The first-order valence-electron chi connectivity index (χ1n) is 1.59. The van der Waals surface area contributed by atoms with E-state index in [4.69, 9.17) is 0 Å². The predicted octanol–water partition coefficient (Wildman–Crippen LogP) is -1.56. The monoisotopic (exact) mass is 269 g/mol. The van der Waals surface area contributed by atoms with Crippen LogP contribution in [0.3, 0.4) is 0 Å². The molecule has 0 aliphatic rings. The summed E-state index contributed by atoms with van der Waals surface area (Å²) < 4.78 is 0. The summed E-state index contributed by atoms with van der Waals surface area (Å²) in [7, 11) is 0. The SMILES string of the molecule is CCC([O-])[O-].[Pt+2]. The fourth-order valence-electron chi connectivity index (χ4n) is 0. The van der Waals surface area contributed by atoms with Gasteiger partial charge in [0, 0.05) is 0 Å². The molecule has 0 fully saturated rings. The Labute approximate surface area is 51.4 Å². The summed E-state index contributed by atoms with van der Waals surface area (Å²) in [4.78, 5) is 0. The summed E-state index contributed by atoms with van der Waals surface area (Å²) in [6.07, 6.45) is -1.42. The van der Waals surface area contributed by atoms with E-state index in [1.165, 1.54) is 0 Å². The zero-order valence-corrected chi connectivity index (χ0v) is 5.69. The first-order chi connectivity index (χ1) is 2.27. The van der Waals surface area contributed by atoms with Gasteiger partial charge in [-0.05, 0) is 0 Å². The third kappa shape index (κ3) is 8.82. The van der Waals surface area contributed by atoms with Crippen molar-refractivity contribution in [1.82, 2.24) is 0 Å². The topological polar surface area (TPSA) is 46.1 Å². The molecule has 0 aromatic heterocycles. The molecule has 2 nitrogen and oxygen atoms in total. The predicted molar refractivity (Wildman–Crippen MR) is 14.1 cm³/mol. The van der Waals surface area contributed by atoms with Gasteiger partial charge in [0.1, 0.15) is 0 Å². The molecule has 0 aliphatic carbocycles. The molecular weight excluding hydrogens is 263 g/mol. The maximum atomic E-state index is 9.34. The van der Waals surface area contributed by atoms with Crippen molar-refractivity contribution in [3.63, 3.8) is 0 Å². The molecule has 0 spiro atoms. The van der Waals surface area contributed by atoms with Crippen molar-refractivity contribution in [3.8, 4) is 0 Å². The minimum atomic E-state index is -1.62. The molecule has 0 rings (SSSR count). The maximum absolute atomic E-state index is 9.34. The van der Waals surface area contributed by atoms with Gasteiger partial charge < -0.3 is 10.2 Å². The average molecular weight is 269 g/mol. The molecular formula is C3H6O2Pt. The van der Waals surface area contributed by atoms with Gasteiger partial charge in [-0.25, -0.2) is 6.29 Å². The largest absolute Gasteiger partial charge is 2.00 e. The van der Waals surface area contributed by atoms with Gasteiger partial charge in [0.2, 0.25) is 0 Å². The Balaban J connectivity index is 0. The van der Waals surface area contributed by atoms with Gasteiger partial charge in [-0.15, -0.1) is 0 Å². The van der Waals surface area contributed by atoms with E-state index in [2.05, 4.69) is 0 Å². The quantitative estimate of drug-likeness (QED) is 0.541. The van der Waals surface area contributed by atoms with Crippen LogP contribution in [-0.2, 0) is 21.1 Å². The van der Waals surface area contributed by atoms with E-state index in [1.54, 1.807) is 6.92 Å². The average Bonchev–Trinajstić information content (AvgIpc) is 1.38. The van der Waals surface area contributed by atoms with Crippen LogP contribution in [0.25, 0.3) is 0 Å². The number of rotatable bonds is 1. The van der Waals surface area contributed by atoms with Crippen LogP contribution < -0.4 is 10.2 Å². The van der Waals surface area contributed by atoms with E-state index in [9.17, 15) is 10.2 Å². The molecule has 0 aromatic rings. The van der Waals surface area contributed by atoms with Gasteiger partial charge in [0.15, 0.2) is 0 Å². The number of hydrogen-bond donors (Lipinski definition) is 0. The van der Waals surface area contributed by atoms with Crippen LogP contribution in [0.15, 0.2) is 0 Å². The van der Waals surface area contributed by atoms with E-state index < -0.39 is 6.29 Å². The van der Waals surface area contributed by atoms with Gasteiger partial charge >= 0.3 is 21.1 Å². The molecule has 6 heavy (non-hydrogen) atoms. The second-order valence-electron chi connectivity index (χ2n) is 0.838. The normalized spacial score (nSPS) is 8.00. The van der Waals surface area contributed by atoms with Crippen LogP contribution >= 0.6 is 0 Å². The Bertz CT molecular complexity index is 22.8. The van der Waals surface area contributed by atoms with Crippen molar-refractivity contribution in [2.75, 3.05) is 0 Å². The second-order valence-corrected chi connectivity index (χ2v) is 0.838. The minimum absolute atomic E-state index is 0. The summed E-state index contributed by atoms with van der Waals surface area (Å²) in [5, 5.41) is 18.7. The second kappa shape index (κ2) is 5.61. The first kappa shape index (κ1) is 9.79. The maximum Gasteiger partial charge on any atom is 2.00 e. The molecule has 40 valence electrons. The molecule has 0 aliphatic heterocycles. The van der Waals surface area contributed by atoms with Gasteiger partial charge in [-0.2, -0.15) is 0 Å². The van der Waals surface area contributed by atoms with Crippen LogP contribution in [0.4, 0.5) is 0 Å². The smallest absolute Gasteiger partial charge is 0.865 e. The molecule has 0 unspecified atom stereocenters. The summed E-state index contributed by atoms with van der Waals surface area (Å²) in [5.74, 6) is 0.